The molecule has 0 aromatic carbocycles. The second kappa shape index (κ2) is 3.29. The summed E-state index contributed by atoms with van der Waals surface area (Å²) < 4.78 is 5.27. The molecule has 0 atom stereocenters. The Morgan fingerprint density at radius 2 is 2.23 bits per heavy atom. The van der Waals surface area contributed by atoms with Crippen LogP contribution in [0.4, 0.5) is 0 Å². The third-order valence-corrected chi connectivity index (χ3v) is 3.39. The lowest BCUT2D eigenvalue weighted by Crippen LogP contribution is -2.57. The maximum Gasteiger partial charge on any atom is 0.0963 e. The van der Waals surface area contributed by atoms with Crippen molar-refractivity contribution in [1.82, 2.24) is 4.90 Å². The summed E-state index contributed by atoms with van der Waals surface area (Å²) in [5.41, 5.74) is 0.211. The number of nitrogens with one attached hydrogen (secondary N) is 1. The van der Waals surface area contributed by atoms with E-state index in [4.69, 9.17) is 10.1 Å². The Hall–Kier alpha value is -0.570. The van der Waals surface area contributed by atoms with Crippen molar-refractivity contribution in [2.24, 2.45) is 0 Å². The van der Waals surface area contributed by atoms with E-state index in [0.29, 0.717) is 0 Å². The van der Waals surface area contributed by atoms with Gasteiger partial charge in [-0.05, 0) is 25.7 Å². The molecule has 3 nitrogen and oxygen atoms in total. The molecule has 0 unspecified atom stereocenters. The Kier molecular flexibility index (Phi) is 2.28. The summed E-state index contributed by atoms with van der Waals surface area (Å²) in [5, 5.41) is 7.85. The minimum absolute atomic E-state index is 0.211. The molecule has 3 heteroatoms. The molecule has 1 heterocycles. The van der Waals surface area contributed by atoms with Crippen molar-refractivity contribution < 1.29 is 4.74 Å². The van der Waals surface area contributed by atoms with Crippen LogP contribution in [0, 0.1) is 5.41 Å². The van der Waals surface area contributed by atoms with E-state index in [1.807, 2.05) is 0 Å². The van der Waals surface area contributed by atoms with Gasteiger partial charge >= 0.3 is 0 Å². The molecule has 1 aliphatic heterocycles. The molecule has 13 heavy (non-hydrogen) atoms. The van der Waals surface area contributed by atoms with Crippen molar-refractivity contribution in [2.75, 3.05) is 20.3 Å². The van der Waals surface area contributed by atoms with Gasteiger partial charge in [-0.3, -0.25) is 5.41 Å². The van der Waals surface area contributed by atoms with Gasteiger partial charge in [-0.25, -0.2) is 0 Å². The molecular formula is C10H18N2O. The van der Waals surface area contributed by atoms with Gasteiger partial charge in [-0.1, -0.05) is 0 Å². The lowest BCUT2D eigenvalue weighted by atomic mass is 9.76. The Morgan fingerprint density at radius 3 is 2.62 bits per heavy atom. The predicted octanol–water partition coefficient (Wildman–Crippen LogP) is 1.63. The van der Waals surface area contributed by atoms with Crippen molar-refractivity contribution in [3.05, 3.63) is 0 Å². The average Bonchev–Trinajstić information content (AvgIpc) is 2.44. The van der Waals surface area contributed by atoms with E-state index < -0.39 is 0 Å². The SMILES string of the molecule is COCC1(N2CCCC2=N)CCC1. The Labute approximate surface area is 79.6 Å². The molecule has 0 bridgehead atoms. The molecular weight excluding hydrogens is 164 g/mol. The summed E-state index contributed by atoms with van der Waals surface area (Å²) in [5.74, 6) is 0.830. The molecule has 1 saturated carbocycles. The van der Waals surface area contributed by atoms with Gasteiger partial charge in [0.2, 0.25) is 0 Å². The monoisotopic (exact) mass is 182 g/mol. The molecule has 1 aliphatic carbocycles. The fourth-order valence-corrected chi connectivity index (χ4v) is 2.54. The minimum Gasteiger partial charge on any atom is -0.382 e. The van der Waals surface area contributed by atoms with Gasteiger partial charge in [0.25, 0.3) is 0 Å². The topological polar surface area (TPSA) is 36.3 Å². The number of hydrogen-bond donors (Lipinski definition) is 1. The zero-order chi connectivity index (χ0) is 9.31. The molecule has 2 rings (SSSR count). The third-order valence-electron chi connectivity index (χ3n) is 3.39. The van der Waals surface area contributed by atoms with Gasteiger partial charge in [0, 0.05) is 20.1 Å². The normalized spacial score (nSPS) is 26.2. The summed E-state index contributed by atoms with van der Waals surface area (Å²) in [6.45, 7) is 1.87. The quantitative estimate of drug-likeness (QED) is 0.720. The van der Waals surface area contributed by atoms with Crippen LogP contribution in [0.3, 0.4) is 0 Å². The van der Waals surface area contributed by atoms with E-state index in [1.54, 1.807) is 7.11 Å². The predicted molar refractivity (Wildman–Crippen MR) is 52.1 cm³/mol. The number of methoxy groups -OCH3 is 1. The first-order valence-corrected chi connectivity index (χ1v) is 5.12. The number of ether oxygens (including phenoxy) is 1. The maximum atomic E-state index is 7.85. The van der Waals surface area contributed by atoms with Crippen LogP contribution in [0.1, 0.15) is 32.1 Å². The van der Waals surface area contributed by atoms with Gasteiger partial charge in [0.05, 0.1) is 18.0 Å². The second-order valence-electron chi connectivity index (χ2n) is 4.21. The zero-order valence-electron chi connectivity index (χ0n) is 8.31. The van der Waals surface area contributed by atoms with Crippen LogP contribution in [0.2, 0.25) is 0 Å². The Balaban J connectivity index is 2.06. The van der Waals surface area contributed by atoms with Crippen molar-refractivity contribution >= 4 is 5.84 Å². The molecule has 0 amide bonds. The smallest absolute Gasteiger partial charge is 0.0963 e. The van der Waals surface area contributed by atoms with E-state index in [0.717, 1.165) is 31.8 Å². The Morgan fingerprint density at radius 1 is 1.46 bits per heavy atom. The fourth-order valence-electron chi connectivity index (χ4n) is 2.54. The van der Waals surface area contributed by atoms with Gasteiger partial charge in [-0.15, -0.1) is 0 Å². The lowest BCUT2D eigenvalue weighted by molar-refractivity contribution is -0.000214. The second-order valence-corrected chi connectivity index (χ2v) is 4.21. The first kappa shape index (κ1) is 9.00. The lowest BCUT2D eigenvalue weighted by Gasteiger charge is -2.49. The van der Waals surface area contributed by atoms with E-state index in [1.165, 1.54) is 19.3 Å². The number of rotatable bonds is 3. The molecule has 74 valence electrons. The largest absolute Gasteiger partial charge is 0.382 e. The molecule has 0 aromatic rings. The highest BCUT2D eigenvalue weighted by molar-refractivity contribution is 5.82. The van der Waals surface area contributed by atoms with Crippen LogP contribution < -0.4 is 0 Å². The highest BCUT2D eigenvalue weighted by atomic mass is 16.5. The first-order valence-electron chi connectivity index (χ1n) is 5.12. The van der Waals surface area contributed by atoms with Crippen LogP contribution in [0.15, 0.2) is 0 Å². The standard InChI is InChI=1S/C10H18N2O/c1-13-8-10(5-3-6-10)12-7-2-4-9(12)11/h11H,2-8H2,1H3. The summed E-state index contributed by atoms with van der Waals surface area (Å²) >= 11 is 0. The molecule has 2 fully saturated rings. The molecule has 0 radical (unpaired) electrons. The molecule has 1 saturated heterocycles. The van der Waals surface area contributed by atoms with Gasteiger partial charge in [0.1, 0.15) is 0 Å². The van der Waals surface area contributed by atoms with Gasteiger partial charge < -0.3 is 9.64 Å². The number of amidine groups is 1. The van der Waals surface area contributed by atoms with E-state index >= 15 is 0 Å². The summed E-state index contributed by atoms with van der Waals surface area (Å²) in [7, 11) is 1.76. The van der Waals surface area contributed by atoms with Crippen LogP contribution in [0.25, 0.3) is 0 Å². The number of nitrogens with zero attached hydrogens (tertiary/aromatic N) is 1. The van der Waals surface area contributed by atoms with Crippen LogP contribution >= 0.6 is 0 Å². The maximum absolute atomic E-state index is 7.85. The third kappa shape index (κ3) is 1.35. The molecule has 2 aliphatic rings. The van der Waals surface area contributed by atoms with E-state index in [2.05, 4.69) is 4.90 Å². The molecule has 0 spiro atoms. The van der Waals surface area contributed by atoms with Crippen LogP contribution in [-0.2, 0) is 4.74 Å². The van der Waals surface area contributed by atoms with E-state index in [9.17, 15) is 0 Å². The number of likely N-dealkylation sites (tertiary alicyclic amines) is 1. The highest BCUT2D eigenvalue weighted by Crippen LogP contribution is 2.40. The minimum atomic E-state index is 0.211. The first-order chi connectivity index (χ1) is 6.28. The highest BCUT2D eigenvalue weighted by Gasteiger charge is 2.44. The summed E-state index contributed by atoms with van der Waals surface area (Å²) in [4.78, 5) is 2.28. The van der Waals surface area contributed by atoms with Gasteiger partial charge in [-0.2, -0.15) is 0 Å². The van der Waals surface area contributed by atoms with Crippen molar-refractivity contribution in [1.29, 1.82) is 5.41 Å². The van der Waals surface area contributed by atoms with Crippen molar-refractivity contribution in [2.45, 2.75) is 37.6 Å². The molecule has 0 aromatic heterocycles. The summed E-state index contributed by atoms with van der Waals surface area (Å²) in [6, 6.07) is 0. The number of hydrogen-bond acceptors (Lipinski definition) is 2. The fraction of sp³-hybridized carbons (Fsp3) is 0.900. The Bertz CT molecular complexity index is 211. The van der Waals surface area contributed by atoms with Gasteiger partial charge in [0.15, 0.2) is 0 Å². The zero-order valence-corrected chi connectivity index (χ0v) is 8.31. The van der Waals surface area contributed by atoms with Crippen LogP contribution in [0.5, 0.6) is 0 Å². The van der Waals surface area contributed by atoms with Crippen molar-refractivity contribution in [3.8, 4) is 0 Å². The van der Waals surface area contributed by atoms with Crippen molar-refractivity contribution in [3.63, 3.8) is 0 Å². The van der Waals surface area contributed by atoms with Crippen LogP contribution in [-0.4, -0.2) is 36.5 Å². The summed E-state index contributed by atoms with van der Waals surface area (Å²) in [6.07, 6.45) is 5.84. The molecule has 1 N–H and O–H groups in total. The van der Waals surface area contributed by atoms with E-state index in [-0.39, 0.29) is 5.54 Å². The average molecular weight is 182 g/mol.